The highest BCUT2D eigenvalue weighted by molar-refractivity contribution is 9.10. The predicted molar refractivity (Wildman–Crippen MR) is 88.3 cm³/mol. The number of benzene rings is 1. The SMILES string of the molecule is O=C(O)[C@H]1[C@H](C(=O)NCc2cc(F)c(Br)c(F)c2)[C@@H]2C=C[C@H]1C21CC1. The van der Waals surface area contributed by atoms with Crippen LogP contribution in [0.25, 0.3) is 0 Å². The van der Waals surface area contributed by atoms with Gasteiger partial charge in [-0.05, 0) is 63.7 Å². The lowest BCUT2D eigenvalue weighted by Crippen LogP contribution is -2.40. The summed E-state index contributed by atoms with van der Waals surface area (Å²) >= 11 is 2.80. The van der Waals surface area contributed by atoms with Crippen molar-refractivity contribution in [3.05, 3.63) is 46.0 Å². The minimum absolute atomic E-state index is 0.0447. The predicted octanol–water partition coefficient (Wildman–Crippen LogP) is 3.26. The molecule has 1 amide bonds. The van der Waals surface area contributed by atoms with Crippen molar-refractivity contribution in [2.24, 2.45) is 29.1 Å². The zero-order valence-corrected chi connectivity index (χ0v) is 14.7. The average molecular weight is 412 g/mol. The minimum atomic E-state index is -0.955. The van der Waals surface area contributed by atoms with Crippen LogP contribution in [0.3, 0.4) is 0 Å². The summed E-state index contributed by atoms with van der Waals surface area (Å²) in [5, 5.41) is 12.3. The van der Waals surface area contributed by atoms with Crippen LogP contribution >= 0.6 is 15.9 Å². The summed E-state index contributed by atoms with van der Waals surface area (Å²) in [5.41, 5.74) is 0.235. The number of hydrogen-bond donors (Lipinski definition) is 2. The third kappa shape index (κ3) is 2.43. The molecule has 0 aromatic heterocycles. The molecule has 25 heavy (non-hydrogen) atoms. The number of allylic oxidation sites excluding steroid dienone is 2. The first-order valence-electron chi connectivity index (χ1n) is 8.17. The number of nitrogens with one attached hydrogen (secondary N) is 1. The van der Waals surface area contributed by atoms with Crippen molar-refractivity contribution in [1.82, 2.24) is 5.32 Å². The highest BCUT2D eigenvalue weighted by atomic mass is 79.9. The van der Waals surface area contributed by atoms with E-state index in [0.29, 0.717) is 5.56 Å². The molecule has 3 aliphatic carbocycles. The van der Waals surface area contributed by atoms with E-state index < -0.39 is 29.4 Å². The Morgan fingerprint density at radius 1 is 1.16 bits per heavy atom. The molecule has 132 valence electrons. The van der Waals surface area contributed by atoms with Crippen molar-refractivity contribution in [1.29, 1.82) is 0 Å². The molecule has 4 rings (SSSR count). The topological polar surface area (TPSA) is 66.4 Å². The Morgan fingerprint density at radius 3 is 2.24 bits per heavy atom. The Hall–Kier alpha value is -1.76. The van der Waals surface area contributed by atoms with Gasteiger partial charge in [-0.3, -0.25) is 9.59 Å². The average Bonchev–Trinajstić information content (AvgIpc) is 3.23. The van der Waals surface area contributed by atoms with E-state index in [2.05, 4.69) is 21.2 Å². The molecule has 0 unspecified atom stereocenters. The summed E-state index contributed by atoms with van der Waals surface area (Å²) in [6.07, 6.45) is 5.82. The largest absolute Gasteiger partial charge is 0.481 e. The number of aliphatic carboxylic acids is 1. The van der Waals surface area contributed by atoms with Gasteiger partial charge in [-0.2, -0.15) is 0 Å². The Bertz CT molecular complexity index is 783. The quantitative estimate of drug-likeness (QED) is 0.590. The molecule has 4 atom stereocenters. The molecular weight excluding hydrogens is 396 g/mol. The molecule has 1 aromatic rings. The normalized spacial score (nSPS) is 30.7. The number of amides is 1. The van der Waals surface area contributed by atoms with Gasteiger partial charge in [0.15, 0.2) is 0 Å². The molecule has 4 nitrogen and oxygen atoms in total. The van der Waals surface area contributed by atoms with E-state index in [1.807, 2.05) is 12.2 Å². The first-order valence-corrected chi connectivity index (χ1v) is 8.97. The smallest absolute Gasteiger partial charge is 0.307 e. The van der Waals surface area contributed by atoms with Gasteiger partial charge in [-0.25, -0.2) is 8.78 Å². The van der Waals surface area contributed by atoms with Crippen molar-refractivity contribution in [2.45, 2.75) is 19.4 Å². The first-order chi connectivity index (χ1) is 11.8. The summed E-state index contributed by atoms with van der Waals surface area (Å²) in [7, 11) is 0. The van der Waals surface area contributed by atoms with Crippen molar-refractivity contribution in [3.8, 4) is 0 Å². The molecule has 0 saturated heterocycles. The number of carbonyl (C=O) groups is 2. The Balaban J connectivity index is 1.51. The van der Waals surface area contributed by atoms with Crippen LogP contribution < -0.4 is 5.32 Å². The maximum atomic E-state index is 13.6. The molecule has 1 spiro atoms. The van der Waals surface area contributed by atoms with E-state index in [4.69, 9.17) is 0 Å². The van der Waals surface area contributed by atoms with E-state index in [1.54, 1.807) is 0 Å². The van der Waals surface area contributed by atoms with Crippen LogP contribution in [0, 0.1) is 40.7 Å². The number of halogens is 3. The fourth-order valence-electron chi connectivity index (χ4n) is 4.71. The van der Waals surface area contributed by atoms with Crippen LogP contribution in [-0.4, -0.2) is 17.0 Å². The van der Waals surface area contributed by atoms with Gasteiger partial charge in [0.25, 0.3) is 0 Å². The standard InChI is InChI=1S/C18H16BrF2NO3/c19-15-11(20)5-8(6-12(15)21)7-22-16(23)13-9-1-2-10(14(13)17(24)25)18(9)3-4-18/h1-2,5-6,9-10,13-14H,3-4,7H2,(H,22,23)(H,24,25)/t9-,10+,13+,14+/m0/s1. The molecule has 0 aliphatic heterocycles. The number of rotatable bonds is 4. The number of carboxylic acids is 1. The van der Waals surface area contributed by atoms with Gasteiger partial charge in [0.2, 0.25) is 5.91 Å². The summed E-state index contributed by atoms with van der Waals surface area (Å²) in [6, 6.07) is 2.29. The Kier molecular flexibility index (Phi) is 3.76. The number of hydrogen-bond acceptors (Lipinski definition) is 2. The van der Waals surface area contributed by atoms with Crippen LogP contribution in [0.2, 0.25) is 0 Å². The van der Waals surface area contributed by atoms with Gasteiger partial charge in [0.05, 0.1) is 16.3 Å². The number of carbonyl (C=O) groups excluding carboxylic acids is 1. The van der Waals surface area contributed by atoms with Crippen LogP contribution in [0.5, 0.6) is 0 Å². The van der Waals surface area contributed by atoms with Crippen LogP contribution in [-0.2, 0) is 16.1 Å². The lowest BCUT2D eigenvalue weighted by atomic mass is 9.82. The molecule has 2 saturated carbocycles. The van der Waals surface area contributed by atoms with E-state index >= 15 is 0 Å². The van der Waals surface area contributed by atoms with Gasteiger partial charge in [0, 0.05) is 6.54 Å². The molecule has 2 fully saturated rings. The van der Waals surface area contributed by atoms with Crippen molar-refractivity contribution in [3.63, 3.8) is 0 Å². The summed E-state index contributed by atoms with van der Waals surface area (Å²) in [5.74, 6) is -4.30. The first kappa shape index (κ1) is 16.7. The third-order valence-corrected chi connectivity index (χ3v) is 6.70. The lowest BCUT2D eigenvalue weighted by molar-refractivity contribution is -0.147. The minimum Gasteiger partial charge on any atom is -0.481 e. The molecule has 2 bridgehead atoms. The molecule has 7 heteroatoms. The molecule has 0 heterocycles. The van der Waals surface area contributed by atoms with E-state index in [-0.39, 0.29) is 34.2 Å². The van der Waals surface area contributed by atoms with Crippen molar-refractivity contribution in [2.75, 3.05) is 0 Å². The second-order valence-corrected chi connectivity index (χ2v) is 7.94. The van der Waals surface area contributed by atoms with E-state index in [9.17, 15) is 23.5 Å². The fourth-order valence-corrected chi connectivity index (χ4v) is 4.94. The Morgan fingerprint density at radius 2 is 1.72 bits per heavy atom. The highest BCUT2D eigenvalue weighted by Gasteiger charge is 2.70. The van der Waals surface area contributed by atoms with Gasteiger partial charge < -0.3 is 10.4 Å². The van der Waals surface area contributed by atoms with Gasteiger partial charge in [-0.15, -0.1) is 0 Å². The van der Waals surface area contributed by atoms with Crippen molar-refractivity contribution < 1.29 is 23.5 Å². The molecular formula is C18H16BrF2NO3. The van der Waals surface area contributed by atoms with Crippen LogP contribution in [0.15, 0.2) is 28.8 Å². The lowest BCUT2D eigenvalue weighted by Gasteiger charge is -2.23. The van der Waals surface area contributed by atoms with Gasteiger partial charge in [0.1, 0.15) is 11.6 Å². The zero-order valence-electron chi connectivity index (χ0n) is 13.1. The summed E-state index contributed by atoms with van der Waals surface area (Å²) in [6.45, 7) is -0.0447. The van der Waals surface area contributed by atoms with Gasteiger partial charge >= 0.3 is 5.97 Å². The maximum Gasteiger partial charge on any atom is 0.307 e. The van der Waals surface area contributed by atoms with Crippen molar-refractivity contribution >= 4 is 27.8 Å². The second kappa shape index (κ2) is 5.62. The summed E-state index contributed by atoms with van der Waals surface area (Å²) in [4.78, 5) is 24.4. The molecule has 3 aliphatic rings. The summed E-state index contributed by atoms with van der Waals surface area (Å²) < 4.78 is 26.9. The zero-order chi connectivity index (χ0) is 17.9. The molecule has 1 aromatic carbocycles. The monoisotopic (exact) mass is 411 g/mol. The highest BCUT2D eigenvalue weighted by Crippen LogP contribution is 2.71. The van der Waals surface area contributed by atoms with E-state index in [0.717, 1.165) is 25.0 Å². The Labute approximate surface area is 151 Å². The van der Waals surface area contributed by atoms with Crippen LogP contribution in [0.4, 0.5) is 8.78 Å². The number of carboxylic acid groups (broad SMARTS) is 1. The molecule has 2 N–H and O–H groups in total. The fraction of sp³-hybridized carbons (Fsp3) is 0.444. The third-order valence-electron chi connectivity index (χ3n) is 5.94. The van der Waals surface area contributed by atoms with Gasteiger partial charge in [-0.1, -0.05) is 12.2 Å². The van der Waals surface area contributed by atoms with E-state index in [1.165, 1.54) is 0 Å². The second-order valence-electron chi connectivity index (χ2n) is 7.15. The molecule has 0 radical (unpaired) electrons. The maximum absolute atomic E-state index is 13.6. The van der Waals surface area contributed by atoms with Crippen LogP contribution in [0.1, 0.15) is 18.4 Å².